The fourth-order valence-electron chi connectivity index (χ4n) is 1.88. The smallest absolute Gasteiger partial charge is 0.257 e. The van der Waals surface area contributed by atoms with Crippen molar-refractivity contribution < 1.29 is 8.81 Å². The van der Waals surface area contributed by atoms with Gasteiger partial charge in [0.2, 0.25) is 0 Å². The lowest BCUT2D eigenvalue weighted by Gasteiger charge is -2.03. The molecule has 1 aromatic heterocycles. The zero-order valence-corrected chi connectivity index (χ0v) is 11.8. The van der Waals surface area contributed by atoms with Crippen LogP contribution >= 0.6 is 11.8 Å². The first kappa shape index (κ1) is 13.6. The molecule has 0 aliphatic carbocycles. The zero-order chi connectivity index (χ0) is 14.8. The summed E-state index contributed by atoms with van der Waals surface area (Å²) in [6.07, 6.45) is 0. The summed E-state index contributed by atoms with van der Waals surface area (Å²) in [4.78, 5) is 4.32. The van der Waals surface area contributed by atoms with Gasteiger partial charge in [0.05, 0.1) is 0 Å². The first-order valence-corrected chi connectivity index (χ1v) is 7.23. The van der Waals surface area contributed by atoms with Crippen LogP contribution in [-0.4, -0.2) is 10.8 Å². The number of thioether (sulfide) groups is 1. The lowest BCUT2D eigenvalue weighted by molar-refractivity contribution is 0.489. The number of hydrogen-bond donors (Lipinski definition) is 2. The maximum absolute atomic E-state index is 13.9. The normalized spacial score (nSPS) is 10.9. The van der Waals surface area contributed by atoms with Crippen molar-refractivity contribution in [1.82, 2.24) is 4.98 Å². The molecule has 1 heterocycles. The molecule has 0 aliphatic heterocycles. The molecular formula is C15H12FN3OS. The number of fused-ring (bicyclic) bond motifs is 1. The number of nitrogens with two attached hydrogens (primary N) is 1. The number of benzene rings is 2. The third kappa shape index (κ3) is 2.90. The first-order chi connectivity index (χ1) is 10.1. The predicted molar refractivity (Wildman–Crippen MR) is 81.0 cm³/mol. The number of amidine groups is 1. The van der Waals surface area contributed by atoms with E-state index in [4.69, 9.17) is 15.6 Å². The van der Waals surface area contributed by atoms with Crippen molar-refractivity contribution in [1.29, 1.82) is 5.41 Å². The second kappa shape index (κ2) is 5.57. The largest absolute Gasteiger partial charge is 0.431 e. The zero-order valence-electron chi connectivity index (χ0n) is 11.0. The quantitative estimate of drug-likeness (QED) is 0.439. The number of rotatable bonds is 4. The van der Waals surface area contributed by atoms with Crippen LogP contribution in [0.15, 0.2) is 52.1 Å². The third-order valence-electron chi connectivity index (χ3n) is 2.99. The lowest BCUT2D eigenvalue weighted by atomic mass is 10.1. The number of halogens is 1. The minimum Gasteiger partial charge on any atom is -0.431 e. The van der Waals surface area contributed by atoms with Crippen molar-refractivity contribution in [2.75, 3.05) is 0 Å². The number of nitrogens with one attached hydrogen (secondary N) is 1. The van der Waals surface area contributed by atoms with Gasteiger partial charge < -0.3 is 10.2 Å². The van der Waals surface area contributed by atoms with Crippen LogP contribution < -0.4 is 5.73 Å². The van der Waals surface area contributed by atoms with Gasteiger partial charge in [0.15, 0.2) is 5.58 Å². The molecule has 0 amide bonds. The summed E-state index contributed by atoms with van der Waals surface area (Å²) in [5, 5.41) is 7.79. The van der Waals surface area contributed by atoms with E-state index in [1.54, 1.807) is 12.1 Å². The van der Waals surface area contributed by atoms with Crippen molar-refractivity contribution in [3.05, 3.63) is 59.4 Å². The summed E-state index contributed by atoms with van der Waals surface area (Å²) in [5.74, 6) is -0.130. The highest BCUT2D eigenvalue weighted by Gasteiger charge is 2.09. The Morgan fingerprint density at radius 1 is 1.29 bits per heavy atom. The highest BCUT2D eigenvalue weighted by atomic mass is 32.2. The molecule has 0 atom stereocenters. The molecule has 0 fully saturated rings. The van der Waals surface area contributed by atoms with Crippen molar-refractivity contribution in [2.45, 2.75) is 11.0 Å². The van der Waals surface area contributed by atoms with Gasteiger partial charge in [-0.1, -0.05) is 36.0 Å². The van der Waals surface area contributed by atoms with Crippen LogP contribution in [0.4, 0.5) is 4.39 Å². The topological polar surface area (TPSA) is 75.9 Å². The fraction of sp³-hybridized carbons (Fsp3) is 0.0667. The van der Waals surface area contributed by atoms with Gasteiger partial charge in [-0.15, -0.1) is 0 Å². The van der Waals surface area contributed by atoms with Gasteiger partial charge in [-0.25, -0.2) is 9.37 Å². The van der Waals surface area contributed by atoms with Gasteiger partial charge in [0, 0.05) is 11.3 Å². The summed E-state index contributed by atoms with van der Waals surface area (Å²) < 4.78 is 19.5. The molecule has 0 saturated heterocycles. The number of hydrogen-bond acceptors (Lipinski definition) is 4. The van der Waals surface area contributed by atoms with Crippen molar-refractivity contribution in [2.24, 2.45) is 5.73 Å². The van der Waals surface area contributed by atoms with E-state index in [1.807, 2.05) is 24.3 Å². The Labute approximate surface area is 124 Å². The molecule has 106 valence electrons. The molecule has 3 N–H and O–H groups in total. The van der Waals surface area contributed by atoms with Crippen molar-refractivity contribution in [3.63, 3.8) is 0 Å². The summed E-state index contributed by atoms with van der Waals surface area (Å²) in [5.41, 5.74) is 7.73. The van der Waals surface area contributed by atoms with Crippen LogP contribution in [0.5, 0.6) is 0 Å². The molecule has 0 spiro atoms. The molecule has 0 saturated carbocycles. The molecule has 6 heteroatoms. The number of oxazole rings is 1. The van der Waals surface area contributed by atoms with E-state index >= 15 is 0 Å². The summed E-state index contributed by atoms with van der Waals surface area (Å²) >= 11 is 1.32. The van der Waals surface area contributed by atoms with Crippen molar-refractivity contribution in [3.8, 4) is 0 Å². The SMILES string of the molecule is N=C(N)c1ccc(CSc2nc3ccccc3o2)c(F)c1. The molecule has 3 rings (SSSR count). The maximum atomic E-state index is 13.9. The average Bonchev–Trinajstić information content (AvgIpc) is 2.88. The molecule has 2 aromatic carbocycles. The standard InChI is InChI=1S/C15H12FN3OS/c16-11-7-9(14(17)18)5-6-10(11)8-21-15-19-12-3-1-2-4-13(12)20-15/h1-7H,8H2,(H3,17,18). The second-order valence-corrected chi connectivity index (χ2v) is 5.38. The molecule has 0 unspecified atom stereocenters. The summed E-state index contributed by atoms with van der Waals surface area (Å²) in [6, 6.07) is 12.0. The van der Waals surface area contributed by atoms with Gasteiger partial charge in [-0.3, -0.25) is 5.41 Å². The Morgan fingerprint density at radius 2 is 2.10 bits per heavy atom. The second-order valence-electron chi connectivity index (χ2n) is 4.46. The van der Waals surface area contributed by atoms with E-state index in [1.165, 1.54) is 17.8 Å². The minimum absolute atomic E-state index is 0.146. The van der Waals surface area contributed by atoms with Crippen LogP contribution in [0, 0.1) is 11.2 Å². The van der Waals surface area contributed by atoms with Gasteiger partial charge in [-0.2, -0.15) is 0 Å². The molecule has 21 heavy (non-hydrogen) atoms. The molecular weight excluding hydrogens is 289 g/mol. The van der Waals surface area contributed by atoms with Gasteiger partial charge in [-0.05, 0) is 23.8 Å². The first-order valence-electron chi connectivity index (χ1n) is 6.24. The van der Waals surface area contributed by atoms with Crippen LogP contribution in [-0.2, 0) is 5.75 Å². The Morgan fingerprint density at radius 3 is 2.81 bits per heavy atom. The van der Waals surface area contributed by atoms with Crippen LogP contribution in [0.2, 0.25) is 0 Å². The van der Waals surface area contributed by atoms with Gasteiger partial charge >= 0.3 is 0 Å². The monoisotopic (exact) mass is 301 g/mol. The van der Waals surface area contributed by atoms with Gasteiger partial charge in [0.25, 0.3) is 5.22 Å². The van der Waals surface area contributed by atoms with Crippen LogP contribution in [0.25, 0.3) is 11.1 Å². The Kier molecular flexibility index (Phi) is 3.62. The summed E-state index contributed by atoms with van der Waals surface area (Å²) in [6.45, 7) is 0. The highest BCUT2D eigenvalue weighted by molar-refractivity contribution is 7.98. The molecule has 4 nitrogen and oxygen atoms in total. The number of nitrogens with zero attached hydrogens (tertiary/aromatic N) is 1. The third-order valence-corrected chi connectivity index (χ3v) is 3.87. The average molecular weight is 301 g/mol. The van der Waals surface area contributed by atoms with Crippen LogP contribution in [0.3, 0.4) is 0 Å². The summed E-state index contributed by atoms with van der Waals surface area (Å²) in [7, 11) is 0. The predicted octanol–water partition coefficient (Wildman–Crippen LogP) is 3.54. The van der Waals surface area contributed by atoms with Crippen LogP contribution in [0.1, 0.15) is 11.1 Å². The molecule has 0 aliphatic rings. The number of para-hydroxylation sites is 2. The minimum atomic E-state index is -0.383. The van der Waals surface area contributed by atoms with E-state index in [0.29, 0.717) is 27.7 Å². The van der Waals surface area contributed by atoms with E-state index in [2.05, 4.69) is 4.98 Å². The maximum Gasteiger partial charge on any atom is 0.257 e. The van der Waals surface area contributed by atoms with Gasteiger partial charge in [0.1, 0.15) is 17.2 Å². The fourth-order valence-corrected chi connectivity index (χ4v) is 2.71. The Hall–Kier alpha value is -2.34. The lowest BCUT2D eigenvalue weighted by Crippen LogP contribution is -2.11. The van der Waals surface area contributed by atoms with E-state index in [9.17, 15) is 4.39 Å². The Balaban J connectivity index is 1.76. The van der Waals surface area contributed by atoms with E-state index < -0.39 is 0 Å². The Bertz CT molecular complexity index is 783. The number of aromatic nitrogens is 1. The molecule has 0 bridgehead atoms. The van der Waals surface area contributed by atoms with E-state index in [0.717, 1.165) is 5.52 Å². The number of nitrogen functional groups attached to an aromatic ring is 1. The molecule has 3 aromatic rings. The molecule has 0 radical (unpaired) electrons. The van der Waals surface area contributed by atoms with E-state index in [-0.39, 0.29) is 11.7 Å². The highest BCUT2D eigenvalue weighted by Crippen LogP contribution is 2.27. The van der Waals surface area contributed by atoms with Crippen molar-refractivity contribution >= 4 is 28.7 Å².